The number of hydrogen-bond donors (Lipinski definition) is 1. The summed E-state index contributed by atoms with van der Waals surface area (Å²) in [5, 5.41) is 13.0. The average molecular weight is 166 g/mol. The van der Waals surface area contributed by atoms with Gasteiger partial charge in [-0.3, -0.25) is 4.68 Å². The molecule has 0 bridgehead atoms. The van der Waals surface area contributed by atoms with Crippen LogP contribution in [0.4, 0.5) is 0 Å². The number of nitrogens with zero attached hydrogens (tertiary/aromatic N) is 2. The fourth-order valence-electron chi connectivity index (χ4n) is 1.53. The Labute approximate surface area is 72.0 Å². The minimum Gasteiger partial charge on any atom is -0.392 e. The van der Waals surface area contributed by atoms with E-state index in [2.05, 4.69) is 5.10 Å². The molecule has 0 unspecified atom stereocenters. The van der Waals surface area contributed by atoms with Crippen molar-refractivity contribution >= 4 is 0 Å². The quantitative estimate of drug-likeness (QED) is 0.732. The van der Waals surface area contributed by atoms with E-state index in [4.69, 9.17) is 5.11 Å². The van der Waals surface area contributed by atoms with Gasteiger partial charge < -0.3 is 5.11 Å². The molecule has 1 aromatic rings. The van der Waals surface area contributed by atoms with Gasteiger partial charge in [-0.1, -0.05) is 6.42 Å². The lowest BCUT2D eigenvalue weighted by Gasteiger charge is -2.24. The van der Waals surface area contributed by atoms with Gasteiger partial charge in [-0.05, 0) is 18.8 Å². The van der Waals surface area contributed by atoms with E-state index in [-0.39, 0.29) is 6.61 Å². The Balaban J connectivity index is 1.93. The van der Waals surface area contributed by atoms with Crippen LogP contribution in [-0.2, 0) is 13.2 Å². The predicted octanol–water partition coefficient (Wildman–Crippen LogP) is 1.18. The number of aliphatic hydroxyl groups excluding tert-OH is 1. The van der Waals surface area contributed by atoms with E-state index in [1.165, 1.54) is 19.3 Å². The molecule has 0 aromatic carbocycles. The minimum absolute atomic E-state index is 0.102. The van der Waals surface area contributed by atoms with Crippen molar-refractivity contribution in [3.8, 4) is 0 Å². The lowest BCUT2D eigenvalue weighted by molar-refractivity contribution is 0.265. The summed E-state index contributed by atoms with van der Waals surface area (Å²) in [6.45, 7) is 1.13. The largest absolute Gasteiger partial charge is 0.392 e. The molecule has 1 aliphatic rings. The Morgan fingerprint density at radius 3 is 2.92 bits per heavy atom. The van der Waals surface area contributed by atoms with Crippen LogP contribution in [0, 0.1) is 5.92 Å². The van der Waals surface area contributed by atoms with Crippen molar-refractivity contribution in [3.63, 3.8) is 0 Å². The molecular weight excluding hydrogens is 152 g/mol. The van der Waals surface area contributed by atoms with Crippen molar-refractivity contribution < 1.29 is 5.11 Å². The van der Waals surface area contributed by atoms with E-state index in [0.29, 0.717) is 0 Å². The summed E-state index contributed by atoms with van der Waals surface area (Å²) < 4.78 is 1.94. The van der Waals surface area contributed by atoms with Crippen LogP contribution in [0.1, 0.15) is 24.8 Å². The van der Waals surface area contributed by atoms with Crippen LogP contribution < -0.4 is 0 Å². The molecule has 0 radical (unpaired) electrons. The molecule has 2 rings (SSSR count). The van der Waals surface area contributed by atoms with Crippen LogP contribution in [0.3, 0.4) is 0 Å². The van der Waals surface area contributed by atoms with E-state index in [1.807, 2.05) is 10.9 Å². The van der Waals surface area contributed by atoms with Gasteiger partial charge in [-0.2, -0.15) is 5.10 Å². The van der Waals surface area contributed by atoms with Gasteiger partial charge in [-0.25, -0.2) is 0 Å². The van der Waals surface area contributed by atoms with Crippen molar-refractivity contribution in [2.75, 3.05) is 0 Å². The van der Waals surface area contributed by atoms with Crippen LogP contribution in [0.25, 0.3) is 0 Å². The first-order chi connectivity index (χ1) is 5.88. The maximum Gasteiger partial charge on any atom is 0.0712 e. The molecule has 1 heterocycles. The summed E-state index contributed by atoms with van der Waals surface area (Å²) in [7, 11) is 0. The first-order valence-corrected chi connectivity index (χ1v) is 4.50. The smallest absolute Gasteiger partial charge is 0.0712 e. The van der Waals surface area contributed by atoms with Crippen molar-refractivity contribution in [1.82, 2.24) is 9.78 Å². The second-order valence-electron chi connectivity index (χ2n) is 3.53. The first-order valence-electron chi connectivity index (χ1n) is 4.50. The molecule has 66 valence electrons. The van der Waals surface area contributed by atoms with Crippen LogP contribution >= 0.6 is 0 Å². The first kappa shape index (κ1) is 7.80. The number of aromatic nitrogens is 2. The van der Waals surface area contributed by atoms with Gasteiger partial charge in [0, 0.05) is 18.3 Å². The summed E-state index contributed by atoms with van der Waals surface area (Å²) in [6.07, 6.45) is 7.72. The summed E-state index contributed by atoms with van der Waals surface area (Å²) in [5.41, 5.74) is 0.911. The van der Waals surface area contributed by atoms with Crippen LogP contribution in [0.15, 0.2) is 12.4 Å². The molecule has 1 aliphatic carbocycles. The topological polar surface area (TPSA) is 38.1 Å². The zero-order chi connectivity index (χ0) is 8.39. The van der Waals surface area contributed by atoms with E-state index in [0.717, 1.165) is 18.0 Å². The Morgan fingerprint density at radius 2 is 2.42 bits per heavy atom. The second kappa shape index (κ2) is 3.27. The summed E-state index contributed by atoms with van der Waals surface area (Å²) in [6, 6.07) is 0. The zero-order valence-corrected chi connectivity index (χ0v) is 7.11. The lowest BCUT2D eigenvalue weighted by Crippen LogP contribution is -2.18. The van der Waals surface area contributed by atoms with Crippen LogP contribution in [0.5, 0.6) is 0 Å². The van der Waals surface area contributed by atoms with Crippen molar-refractivity contribution in [2.45, 2.75) is 32.4 Å². The van der Waals surface area contributed by atoms with Crippen molar-refractivity contribution in [2.24, 2.45) is 5.92 Å². The van der Waals surface area contributed by atoms with E-state index in [9.17, 15) is 0 Å². The van der Waals surface area contributed by atoms with Crippen LogP contribution in [0.2, 0.25) is 0 Å². The minimum atomic E-state index is 0.102. The lowest BCUT2D eigenvalue weighted by atomic mass is 9.85. The molecule has 0 spiro atoms. The van der Waals surface area contributed by atoms with Gasteiger partial charge in [0.15, 0.2) is 0 Å². The maximum absolute atomic E-state index is 8.80. The zero-order valence-electron chi connectivity index (χ0n) is 7.11. The van der Waals surface area contributed by atoms with Crippen molar-refractivity contribution in [1.29, 1.82) is 0 Å². The Kier molecular flexibility index (Phi) is 2.13. The highest BCUT2D eigenvalue weighted by molar-refractivity contribution is 5.01. The van der Waals surface area contributed by atoms with Gasteiger partial charge in [0.05, 0.1) is 12.8 Å². The number of rotatable bonds is 3. The highest BCUT2D eigenvalue weighted by atomic mass is 16.3. The normalized spacial score (nSPS) is 17.8. The molecule has 0 aliphatic heterocycles. The monoisotopic (exact) mass is 166 g/mol. The van der Waals surface area contributed by atoms with E-state index < -0.39 is 0 Å². The van der Waals surface area contributed by atoms with Gasteiger partial charge in [-0.15, -0.1) is 0 Å². The molecule has 3 nitrogen and oxygen atoms in total. The van der Waals surface area contributed by atoms with E-state index >= 15 is 0 Å². The van der Waals surface area contributed by atoms with Gasteiger partial charge in [0.25, 0.3) is 0 Å². The maximum atomic E-state index is 8.80. The SMILES string of the molecule is OCc1cnn(CC2CCC2)c1. The third-order valence-corrected chi connectivity index (χ3v) is 2.54. The molecule has 0 saturated heterocycles. The van der Waals surface area contributed by atoms with Gasteiger partial charge in [0.2, 0.25) is 0 Å². The second-order valence-corrected chi connectivity index (χ2v) is 3.53. The highest BCUT2D eigenvalue weighted by Crippen LogP contribution is 2.27. The third kappa shape index (κ3) is 1.50. The molecule has 0 atom stereocenters. The third-order valence-electron chi connectivity index (χ3n) is 2.54. The molecule has 12 heavy (non-hydrogen) atoms. The average Bonchev–Trinajstić information content (AvgIpc) is 2.44. The standard InChI is InChI=1S/C9H14N2O/c12-7-9-4-10-11(6-9)5-8-2-1-3-8/h4,6,8,12H,1-3,5,7H2. The Hall–Kier alpha value is -0.830. The summed E-state index contributed by atoms with van der Waals surface area (Å²) in [5.74, 6) is 0.830. The Bertz CT molecular complexity index is 253. The fraction of sp³-hybridized carbons (Fsp3) is 0.667. The van der Waals surface area contributed by atoms with E-state index in [1.54, 1.807) is 6.20 Å². The highest BCUT2D eigenvalue weighted by Gasteiger charge is 2.17. The van der Waals surface area contributed by atoms with Gasteiger partial charge in [0.1, 0.15) is 0 Å². The van der Waals surface area contributed by atoms with Crippen LogP contribution in [-0.4, -0.2) is 14.9 Å². The Morgan fingerprint density at radius 1 is 1.58 bits per heavy atom. The fourth-order valence-corrected chi connectivity index (χ4v) is 1.53. The predicted molar refractivity (Wildman–Crippen MR) is 45.5 cm³/mol. The molecular formula is C9H14N2O. The summed E-state index contributed by atoms with van der Waals surface area (Å²) in [4.78, 5) is 0. The number of hydrogen-bond acceptors (Lipinski definition) is 2. The van der Waals surface area contributed by atoms with Gasteiger partial charge >= 0.3 is 0 Å². The molecule has 1 saturated carbocycles. The number of aliphatic hydroxyl groups is 1. The molecule has 1 aromatic heterocycles. The molecule has 1 N–H and O–H groups in total. The molecule has 0 amide bonds. The van der Waals surface area contributed by atoms with Crippen molar-refractivity contribution in [3.05, 3.63) is 18.0 Å². The molecule has 1 fully saturated rings. The summed E-state index contributed by atoms with van der Waals surface area (Å²) >= 11 is 0. The molecule has 3 heteroatoms.